The highest BCUT2D eigenvalue weighted by Crippen LogP contribution is 2.48. The molecule has 2 aliphatic carbocycles. The molecule has 0 aliphatic heterocycles. The van der Waals surface area contributed by atoms with Crippen molar-refractivity contribution in [1.82, 2.24) is 4.90 Å². The third-order valence-corrected chi connectivity index (χ3v) is 4.41. The van der Waals surface area contributed by atoms with Crippen LogP contribution in [-0.2, 0) is 4.79 Å². The van der Waals surface area contributed by atoms with Crippen LogP contribution in [0.5, 0.6) is 0 Å². The number of carbonyl (C=O) groups is 1. The van der Waals surface area contributed by atoms with Gasteiger partial charge in [-0.05, 0) is 50.5 Å². The molecule has 0 saturated heterocycles. The Balaban J connectivity index is 1.71. The molecular weight excluding hydrogens is 198 g/mol. The Kier molecular flexibility index (Phi) is 4.01. The van der Waals surface area contributed by atoms with Gasteiger partial charge in [0.2, 0.25) is 0 Å². The van der Waals surface area contributed by atoms with Crippen molar-refractivity contribution in [2.24, 2.45) is 17.8 Å². The zero-order chi connectivity index (χ0) is 11.5. The third-order valence-electron chi connectivity index (χ3n) is 4.41. The Hall–Kier alpha value is -0.370. The standard InChI is InChI=1S/C14H25NO/c1-3-4-14(16)10-15(2)9-13-8-11-5-6-12(13)7-11/h11-13H,3-10H2,1-2H3. The van der Waals surface area contributed by atoms with E-state index in [-0.39, 0.29) is 0 Å². The van der Waals surface area contributed by atoms with E-state index in [1.54, 1.807) is 0 Å². The second kappa shape index (κ2) is 5.31. The molecule has 0 radical (unpaired) electrons. The van der Waals surface area contributed by atoms with Crippen LogP contribution in [0, 0.1) is 17.8 Å². The van der Waals surface area contributed by atoms with Crippen LogP contribution in [0.25, 0.3) is 0 Å². The molecule has 3 unspecified atom stereocenters. The molecule has 0 aromatic carbocycles. The Morgan fingerprint density at radius 1 is 1.31 bits per heavy atom. The minimum absolute atomic E-state index is 0.410. The van der Waals surface area contributed by atoms with Crippen molar-refractivity contribution >= 4 is 5.78 Å². The van der Waals surface area contributed by atoms with E-state index in [1.165, 1.54) is 25.7 Å². The molecule has 92 valence electrons. The summed E-state index contributed by atoms with van der Waals surface area (Å²) < 4.78 is 0. The number of rotatable bonds is 6. The molecule has 0 N–H and O–H groups in total. The van der Waals surface area contributed by atoms with Crippen LogP contribution in [0.3, 0.4) is 0 Å². The summed E-state index contributed by atoms with van der Waals surface area (Å²) in [5, 5.41) is 0. The van der Waals surface area contributed by atoms with E-state index in [2.05, 4.69) is 18.9 Å². The normalized spacial score (nSPS) is 32.6. The van der Waals surface area contributed by atoms with Crippen molar-refractivity contribution in [3.05, 3.63) is 0 Å². The molecule has 3 atom stereocenters. The van der Waals surface area contributed by atoms with Gasteiger partial charge in [0.1, 0.15) is 5.78 Å². The predicted molar refractivity (Wildman–Crippen MR) is 66.4 cm³/mol. The molecule has 2 bridgehead atoms. The van der Waals surface area contributed by atoms with Gasteiger partial charge in [-0.25, -0.2) is 0 Å². The Morgan fingerprint density at radius 3 is 2.69 bits per heavy atom. The fourth-order valence-corrected chi connectivity index (χ4v) is 3.72. The molecule has 2 rings (SSSR count). The van der Waals surface area contributed by atoms with E-state index in [9.17, 15) is 4.79 Å². The zero-order valence-electron chi connectivity index (χ0n) is 10.7. The first-order valence-electron chi connectivity index (χ1n) is 6.89. The van der Waals surface area contributed by atoms with Gasteiger partial charge in [0.15, 0.2) is 0 Å². The van der Waals surface area contributed by atoms with Gasteiger partial charge in [-0.3, -0.25) is 9.69 Å². The molecule has 2 saturated carbocycles. The van der Waals surface area contributed by atoms with E-state index < -0.39 is 0 Å². The van der Waals surface area contributed by atoms with Crippen LogP contribution in [0.1, 0.15) is 45.4 Å². The fourth-order valence-electron chi connectivity index (χ4n) is 3.72. The molecule has 0 aromatic heterocycles. The topological polar surface area (TPSA) is 20.3 Å². The predicted octanol–water partition coefficient (Wildman–Crippen LogP) is 2.72. The van der Waals surface area contributed by atoms with Crippen molar-refractivity contribution in [3.8, 4) is 0 Å². The molecular formula is C14H25NO. The van der Waals surface area contributed by atoms with Crippen molar-refractivity contribution in [1.29, 1.82) is 0 Å². The summed E-state index contributed by atoms with van der Waals surface area (Å²) in [6.07, 6.45) is 7.56. The SMILES string of the molecule is CCCC(=O)CN(C)CC1CC2CCC1C2. The molecule has 16 heavy (non-hydrogen) atoms. The summed E-state index contributed by atoms with van der Waals surface area (Å²) in [5.41, 5.74) is 0. The lowest BCUT2D eigenvalue weighted by Gasteiger charge is -2.26. The maximum absolute atomic E-state index is 11.5. The van der Waals surface area contributed by atoms with Crippen molar-refractivity contribution in [2.45, 2.75) is 45.4 Å². The lowest BCUT2D eigenvalue weighted by molar-refractivity contribution is -0.120. The first kappa shape index (κ1) is 12.1. The van der Waals surface area contributed by atoms with Gasteiger partial charge in [-0.2, -0.15) is 0 Å². The first-order valence-corrected chi connectivity index (χ1v) is 6.89. The number of ketones is 1. The minimum atomic E-state index is 0.410. The maximum Gasteiger partial charge on any atom is 0.146 e. The number of nitrogens with zero attached hydrogens (tertiary/aromatic N) is 1. The zero-order valence-corrected chi connectivity index (χ0v) is 10.7. The summed E-state index contributed by atoms with van der Waals surface area (Å²) in [6, 6.07) is 0. The minimum Gasteiger partial charge on any atom is -0.299 e. The van der Waals surface area contributed by atoms with Crippen molar-refractivity contribution in [3.63, 3.8) is 0 Å². The maximum atomic E-state index is 11.5. The van der Waals surface area contributed by atoms with E-state index >= 15 is 0 Å². The first-order chi connectivity index (χ1) is 7.69. The van der Waals surface area contributed by atoms with Crippen molar-refractivity contribution < 1.29 is 4.79 Å². The molecule has 2 nitrogen and oxygen atoms in total. The summed E-state index contributed by atoms with van der Waals surface area (Å²) in [7, 11) is 2.11. The number of hydrogen-bond donors (Lipinski definition) is 0. The molecule has 0 spiro atoms. The summed E-state index contributed by atoms with van der Waals surface area (Å²) in [6.45, 7) is 3.90. The quantitative estimate of drug-likeness (QED) is 0.690. The second-order valence-corrected chi connectivity index (χ2v) is 5.92. The lowest BCUT2D eigenvalue weighted by atomic mass is 9.88. The van der Waals surface area contributed by atoms with E-state index in [1.807, 2.05) is 0 Å². The van der Waals surface area contributed by atoms with Gasteiger partial charge in [-0.1, -0.05) is 13.3 Å². The second-order valence-electron chi connectivity index (χ2n) is 5.92. The van der Waals surface area contributed by atoms with Gasteiger partial charge in [-0.15, -0.1) is 0 Å². The lowest BCUT2D eigenvalue weighted by Crippen LogP contribution is -2.32. The molecule has 2 aliphatic rings. The highest BCUT2D eigenvalue weighted by Gasteiger charge is 2.39. The van der Waals surface area contributed by atoms with Crippen LogP contribution < -0.4 is 0 Å². The largest absolute Gasteiger partial charge is 0.299 e. The molecule has 2 heteroatoms. The van der Waals surface area contributed by atoms with Gasteiger partial charge in [0.05, 0.1) is 6.54 Å². The van der Waals surface area contributed by atoms with Crippen LogP contribution >= 0.6 is 0 Å². The van der Waals surface area contributed by atoms with Crippen LogP contribution in [0.4, 0.5) is 0 Å². The van der Waals surface area contributed by atoms with Gasteiger partial charge in [0.25, 0.3) is 0 Å². The molecule has 0 amide bonds. The number of likely N-dealkylation sites (N-methyl/N-ethyl adjacent to an activating group) is 1. The van der Waals surface area contributed by atoms with Crippen LogP contribution in [-0.4, -0.2) is 30.8 Å². The summed E-state index contributed by atoms with van der Waals surface area (Å²) >= 11 is 0. The van der Waals surface area contributed by atoms with E-state index in [0.29, 0.717) is 12.3 Å². The molecule has 0 heterocycles. The van der Waals surface area contributed by atoms with Crippen molar-refractivity contribution in [2.75, 3.05) is 20.1 Å². The smallest absolute Gasteiger partial charge is 0.146 e. The van der Waals surface area contributed by atoms with Gasteiger partial charge >= 0.3 is 0 Å². The monoisotopic (exact) mass is 223 g/mol. The Bertz CT molecular complexity index is 251. The van der Waals surface area contributed by atoms with E-state index in [4.69, 9.17) is 0 Å². The summed E-state index contributed by atoms with van der Waals surface area (Å²) in [4.78, 5) is 13.8. The number of fused-ring (bicyclic) bond motifs is 2. The number of carbonyl (C=O) groups excluding carboxylic acids is 1. The summed E-state index contributed by atoms with van der Waals surface area (Å²) in [5.74, 6) is 3.30. The van der Waals surface area contributed by atoms with Gasteiger partial charge < -0.3 is 0 Å². The van der Waals surface area contributed by atoms with Crippen LogP contribution in [0.15, 0.2) is 0 Å². The highest BCUT2D eigenvalue weighted by atomic mass is 16.1. The van der Waals surface area contributed by atoms with E-state index in [0.717, 1.165) is 37.1 Å². The molecule has 2 fully saturated rings. The van der Waals surface area contributed by atoms with Gasteiger partial charge in [0, 0.05) is 13.0 Å². The Labute approximate surface area is 99.4 Å². The molecule has 0 aromatic rings. The average Bonchev–Trinajstić information content (AvgIpc) is 2.78. The van der Waals surface area contributed by atoms with Crippen LogP contribution in [0.2, 0.25) is 0 Å². The fraction of sp³-hybridized carbons (Fsp3) is 0.929. The number of hydrogen-bond acceptors (Lipinski definition) is 2. The third kappa shape index (κ3) is 2.85. The average molecular weight is 223 g/mol. The Morgan fingerprint density at radius 2 is 2.12 bits per heavy atom. The number of Topliss-reactive ketones (excluding diaryl/α,β-unsaturated/α-hetero) is 1. The highest BCUT2D eigenvalue weighted by molar-refractivity contribution is 5.80.